The highest BCUT2D eigenvalue weighted by molar-refractivity contribution is 6.01. The van der Waals surface area contributed by atoms with E-state index < -0.39 is 43.6 Å². The average molecular weight is 321 g/mol. The van der Waals surface area contributed by atoms with Crippen LogP contribution in [0.2, 0.25) is 0 Å². The Hall–Kier alpha value is -1.75. The van der Waals surface area contributed by atoms with E-state index in [1.54, 1.807) is 0 Å². The predicted molar refractivity (Wildman–Crippen MR) is 74.2 cm³/mol. The molecule has 10 heteroatoms. The second-order valence-electron chi connectivity index (χ2n) is 4.49. The summed E-state index contributed by atoms with van der Waals surface area (Å²) in [7, 11) is 0. The largest absolute Gasteiger partial charge is 0.392 e. The fourth-order valence-electron chi connectivity index (χ4n) is 1.55. The number of hydrogen-bond donors (Lipinski definition) is 5. The molecule has 0 aromatic carbocycles. The number of aliphatic hydroxyl groups is 4. The van der Waals surface area contributed by atoms with E-state index in [0.717, 1.165) is 6.92 Å². The summed E-state index contributed by atoms with van der Waals surface area (Å²) in [6, 6.07) is -2.17. The van der Waals surface area contributed by atoms with Crippen LogP contribution >= 0.6 is 0 Å². The predicted octanol–water partition coefficient (Wildman–Crippen LogP) is -1.61. The normalized spacial score (nSPS) is 13.2. The molecule has 0 bridgehead atoms. The number of nitrogens with one attached hydrogen (secondary N) is 1. The molecule has 0 saturated heterocycles. The number of urea groups is 2. The Kier molecular flexibility index (Phi) is 9.26. The minimum Gasteiger partial charge on any atom is -0.392 e. The molecule has 0 aliphatic heterocycles. The van der Waals surface area contributed by atoms with Crippen LogP contribution in [0.15, 0.2) is 0 Å². The molecule has 0 rings (SSSR count). The molecule has 22 heavy (non-hydrogen) atoms. The number of hydrogen-bond acceptors (Lipinski definition) is 7. The van der Waals surface area contributed by atoms with Crippen molar-refractivity contribution >= 4 is 18.0 Å². The molecule has 0 heterocycles. The molecule has 10 nitrogen and oxygen atoms in total. The van der Waals surface area contributed by atoms with Crippen LogP contribution in [0.3, 0.4) is 0 Å². The van der Waals surface area contributed by atoms with Crippen LogP contribution in [0.4, 0.5) is 9.59 Å². The van der Waals surface area contributed by atoms with Crippen molar-refractivity contribution in [1.82, 2.24) is 15.1 Å². The van der Waals surface area contributed by atoms with Gasteiger partial charge in [0.2, 0.25) is 5.91 Å². The quantitative estimate of drug-likeness (QED) is 0.354. The maximum absolute atomic E-state index is 12.3. The summed E-state index contributed by atoms with van der Waals surface area (Å²) in [6.45, 7) is 1.11. The molecule has 0 aromatic rings. The number of carbonyl (C=O) groups is 3. The van der Waals surface area contributed by atoms with Crippen LogP contribution in [-0.4, -0.2) is 80.4 Å². The highest BCUT2D eigenvalue weighted by atomic mass is 16.3. The third-order valence-electron chi connectivity index (χ3n) is 2.68. The molecule has 5 amide bonds. The standard InChI is InChI=1S/C12H23N3O7/c1-3-4-5-14(11(21)13-9(19)6-16)12(22)15(8(2)18)10(20)7-17/h9-10,16-17,19-20H,3-7H2,1-2H3,(H,13,21). The molecular formula is C12H23N3O7. The molecule has 0 fully saturated rings. The Morgan fingerprint density at radius 2 is 1.73 bits per heavy atom. The zero-order chi connectivity index (χ0) is 17.3. The summed E-state index contributed by atoms with van der Waals surface area (Å²) in [6.07, 6.45) is -2.29. The zero-order valence-corrected chi connectivity index (χ0v) is 12.6. The molecule has 5 N–H and O–H groups in total. The summed E-state index contributed by atoms with van der Waals surface area (Å²) in [5, 5.41) is 38.3. The van der Waals surface area contributed by atoms with Gasteiger partial charge in [0, 0.05) is 13.5 Å². The summed E-state index contributed by atoms with van der Waals surface area (Å²) in [4.78, 5) is 36.6. The van der Waals surface area contributed by atoms with Gasteiger partial charge in [0.15, 0.2) is 12.5 Å². The third kappa shape index (κ3) is 5.93. The van der Waals surface area contributed by atoms with Crippen LogP contribution in [0.1, 0.15) is 26.7 Å². The Bertz CT molecular complexity index is 391. The third-order valence-corrected chi connectivity index (χ3v) is 2.68. The van der Waals surface area contributed by atoms with Gasteiger partial charge in [-0.25, -0.2) is 19.4 Å². The maximum Gasteiger partial charge on any atom is 0.337 e. The molecule has 0 saturated carbocycles. The van der Waals surface area contributed by atoms with Gasteiger partial charge in [0.1, 0.15) is 0 Å². The van der Waals surface area contributed by atoms with Crippen molar-refractivity contribution < 1.29 is 34.8 Å². The number of carbonyl (C=O) groups excluding carboxylic acids is 3. The van der Waals surface area contributed by atoms with Crippen molar-refractivity contribution in [3.8, 4) is 0 Å². The maximum atomic E-state index is 12.3. The van der Waals surface area contributed by atoms with E-state index in [1.807, 2.05) is 12.2 Å². The lowest BCUT2D eigenvalue weighted by atomic mass is 10.3. The molecule has 128 valence electrons. The van der Waals surface area contributed by atoms with Gasteiger partial charge in [0.05, 0.1) is 13.2 Å². The van der Waals surface area contributed by atoms with Crippen molar-refractivity contribution in [1.29, 1.82) is 0 Å². The van der Waals surface area contributed by atoms with Crippen molar-refractivity contribution in [3.63, 3.8) is 0 Å². The summed E-state index contributed by atoms with van der Waals surface area (Å²) >= 11 is 0. The minimum atomic E-state index is -1.79. The van der Waals surface area contributed by atoms with E-state index in [2.05, 4.69) is 0 Å². The van der Waals surface area contributed by atoms with Crippen molar-refractivity contribution in [2.24, 2.45) is 0 Å². The minimum absolute atomic E-state index is 0.0682. The smallest absolute Gasteiger partial charge is 0.337 e. The second-order valence-corrected chi connectivity index (χ2v) is 4.49. The topological polar surface area (TPSA) is 151 Å². The van der Waals surface area contributed by atoms with Crippen LogP contribution in [0.5, 0.6) is 0 Å². The summed E-state index contributed by atoms with van der Waals surface area (Å²) in [5.74, 6) is -0.858. The molecular weight excluding hydrogens is 298 g/mol. The summed E-state index contributed by atoms with van der Waals surface area (Å²) < 4.78 is 0. The van der Waals surface area contributed by atoms with Crippen molar-refractivity contribution in [2.45, 2.75) is 39.1 Å². The number of imide groups is 2. The van der Waals surface area contributed by atoms with E-state index >= 15 is 0 Å². The zero-order valence-electron chi connectivity index (χ0n) is 12.6. The van der Waals surface area contributed by atoms with E-state index in [9.17, 15) is 24.6 Å². The molecule has 2 unspecified atom stereocenters. The van der Waals surface area contributed by atoms with Gasteiger partial charge in [-0.2, -0.15) is 0 Å². The molecule has 2 atom stereocenters. The first-order valence-corrected chi connectivity index (χ1v) is 6.79. The van der Waals surface area contributed by atoms with Crippen LogP contribution in [0, 0.1) is 0 Å². The lowest BCUT2D eigenvalue weighted by Gasteiger charge is -2.30. The molecule has 0 aliphatic rings. The van der Waals surface area contributed by atoms with Crippen LogP contribution < -0.4 is 5.32 Å². The molecule has 0 aromatic heterocycles. The number of rotatable bonds is 7. The van der Waals surface area contributed by atoms with Gasteiger partial charge in [-0.1, -0.05) is 13.3 Å². The Labute approximate surface area is 127 Å². The Morgan fingerprint density at radius 3 is 2.14 bits per heavy atom. The van der Waals surface area contributed by atoms with Gasteiger partial charge in [0.25, 0.3) is 0 Å². The Balaban J connectivity index is 5.24. The SMILES string of the molecule is CCCCN(C(=O)NC(O)CO)C(=O)N(C(C)=O)C(O)CO. The first-order chi connectivity index (χ1) is 10.3. The van der Waals surface area contributed by atoms with E-state index in [-0.39, 0.29) is 6.54 Å². The molecule has 0 spiro atoms. The lowest BCUT2D eigenvalue weighted by molar-refractivity contribution is -0.136. The monoisotopic (exact) mass is 321 g/mol. The summed E-state index contributed by atoms with van der Waals surface area (Å²) in [5.41, 5.74) is 0. The Morgan fingerprint density at radius 1 is 1.14 bits per heavy atom. The molecule has 0 radical (unpaired) electrons. The number of amides is 5. The van der Waals surface area contributed by atoms with Gasteiger partial charge in [-0.05, 0) is 6.42 Å². The number of nitrogens with zero attached hydrogens (tertiary/aromatic N) is 2. The highest BCUT2D eigenvalue weighted by Gasteiger charge is 2.33. The fourth-order valence-corrected chi connectivity index (χ4v) is 1.55. The molecule has 0 aliphatic carbocycles. The van der Waals surface area contributed by atoms with Crippen LogP contribution in [0.25, 0.3) is 0 Å². The van der Waals surface area contributed by atoms with Gasteiger partial charge in [-0.15, -0.1) is 0 Å². The van der Waals surface area contributed by atoms with Crippen molar-refractivity contribution in [2.75, 3.05) is 19.8 Å². The highest BCUT2D eigenvalue weighted by Crippen LogP contribution is 2.07. The lowest BCUT2D eigenvalue weighted by Crippen LogP contribution is -2.57. The van der Waals surface area contributed by atoms with Gasteiger partial charge < -0.3 is 25.7 Å². The van der Waals surface area contributed by atoms with Crippen molar-refractivity contribution in [3.05, 3.63) is 0 Å². The average Bonchev–Trinajstić information content (AvgIpc) is 2.46. The van der Waals surface area contributed by atoms with Gasteiger partial charge in [-0.3, -0.25) is 4.79 Å². The number of aliphatic hydroxyl groups excluding tert-OH is 4. The van der Waals surface area contributed by atoms with Gasteiger partial charge >= 0.3 is 12.1 Å². The van der Waals surface area contributed by atoms with E-state index in [1.165, 1.54) is 0 Å². The number of unbranched alkanes of at least 4 members (excludes halogenated alkanes) is 1. The fraction of sp³-hybridized carbons (Fsp3) is 0.750. The first kappa shape index (κ1) is 20.2. The first-order valence-electron chi connectivity index (χ1n) is 6.79. The van der Waals surface area contributed by atoms with E-state index in [4.69, 9.17) is 10.2 Å². The van der Waals surface area contributed by atoms with E-state index in [0.29, 0.717) is 22.6 Å². The second kappa shape index (κ2) is 10.1. The van der Waals surface area contributed by atoms with Crippen LogP contribution in [-0.2, 0) is 4.79 Å².